The third-order valence-electron chi connectivity index (χ3n) is 4.90. The molecule has 0 saturated carbocycles. The maximum atomic E-state index is 12.6. The van der Waals surface area contributed by atoms with Gasteiger partial charge in [-0.15, -0.1) is 0 Å². The Balaban J connectivity index is 1.96. The summed E-state index contributed by atoms with van der Waals surface area (Å²) in [5.74, 6) is 0.441. The van der Waals surface area contributed by atoms with Crippen molar-refractivity contribution in [3.05, 3.63) is 69.9 Å². The fourth-order valence-electron chi connectivity index (χ4n) is 3.12. The molecule has 5 N–H and O–H groups in total. The van der Waals surface area contributed by atoms with Crippen LogP contribution in [0.5, 0.6) is 5.75 Å². The Morgan fingerprint density at radius 1 is 1.19 bits per heavy atom. The summed E-state index contributed by atoms with van der Waals surface area (Å²) in [6, 6.07) is 10.3. The van der Waals surface area contributed by atoms with Gasteiger partial charge in [-0.3, -0.25) is 9.59 Å². The van der Waals surface area contributed by atoms with Gasteiger partial charge in [-0.1, -0.05) is 0 Å². The van der Waals surface area contributed by atoms with E-state index in [1.54, 1.807) is 38.4 Å². The number of carbonyl (C=O) groups excluding carboxylic acids is 1. The quantitative estimate of drug-likeness (QED) is 0.537. The molecular weight excluding hydrogens is 394 g/mol. The molecule has 0 unspecified atom stereocenters. The minimum atomic E-state index is -0.225. The maximum absolute atomic E-state index is 12.6. The molecule has 0 aliphatic carbocycles. The first-order chi connectivity index (χ1) is 14.8. The Hall–Kier alpha value is -3.81. The molecule has 0 radical (unpaired) electrons. The number of nitrogens with one attached hydrogen (secondary N) is 1. The lowest BCUT2D eigenvalue weighted by Gasteiger charge is -2.12. The fraction of sp³-hybridized carbons (Fsp3) is 0.261. The normalized spacial score (nSPS) is 11.8. The minimum absolute atomic E-state index is 0.103. The Bertz CT molecular complexity index is 1210. The second-order valence-electron chi connectivity index (χ2n) is 7.25. The van der Waals surface area contributed by atoms with E-state index in [-0.39, 0.29) is 11.5 Å². The summed E-state index contributed by atoms with van der Waals surface area (Å²) in [5.41, 5.74) is 15.0. The van der Waals surface area contributed by atoms with E-state index in [0.717, 1.165) is 10.9 Å². The zero-order valence-electron chi connectivity index (χ0n) is 17.9. The second kappa shape index (κ2) is 9.34. The van der Waals surface area contributed by atoms with Gasteiger partial charge in [0.25, 0.3) is 5.91 Å². The number of pyridine rings is 2. The van der Waals surface area contributed by atoms with Crippen molar-refractivity contribution < 1.29 is 9.53 Å². The molecule has 0 fully saturated rings. The van der Waals surface area contributed by atoms with Gasteiger partial charge in [0.2, 0.25) is 5.56 Å². The van der Waals surface area contributed by atoms with Crippen molar-refractivity contribution in [1.29, 1.82) is 0 Å². The number of ether oxygens (including phenoxy) is 1. The molecule has 0 saturated heterocycles. The van der Waals surface area contributed by atoms with Crippen molar-refractivity contribution >= 4 is 16.8 Å². The number of carbonyl (C=O) groups is 1. The Morgan fingerprint density at radius 2 is 1.97 bits per heavy atom. The molecule has 0 aliphatic heterocycles. The highest BCUT2D eigenvalue weighted by atomic mass is 16.5. The second-order valence-corrected chi connectivity index (χ2v) is 7.25. The highest BCUT2D eigenvalue weighted by Gasteiger charge is 2.13. The third-order valence-corrected chi connectivity index (χ3v) is 4.90. The van der Waals surface area contributed by atoms with Crippen LogP contribution in [-0.2, 0) is 7.05 Å². The van der Waals surface area contributed by atoms with E-state index in [0.29, 0.717) is 53.5 Å². The van der Waals surface area contributed by atoms with Crippen LogP contribution in [-0.4, -0.2) is 28.6 Å². The molecule has 162 valence electrons. The predicted octanol–water partition coefficient (Wildman–Crippen LogP) is 2.27. The zero-order valence-corrected chi connectivity index (χ0v) is 17.9. The van der Waals surface area contributed by atoms with Crippen LogP contribution in [0.4, 0.5) is 0 Å². The van der Waals surface area contributed by atoms with E-state index in [2.05, 4.69) is 5.32 Å². The standard InChI is InChI=1S/C23H27N5O3/c1-4-31-21-12-19(16-6-8-22(29)28(3)13-16)27-20-11-15(5-7-17(20)21)23(30)26-10-9-18(25)14(2)24/h5-8,11-13H,4,9-10,24-25H2,1-3H3,(H,26,30)/b18-14-. The number of hydrogen-bond donors (Lipinski definition) is 3. The van der Waals surface area contributed by atoms with Crippen molar-refractivity contribution in [3.63, 3.8) is 0 Å². The van der Waals surface area contributed by atoms with E-state index in [1.165, 1.54) is 10.6 Å². The Morgan fingerprint density at radius 3 is 2.65 bits per heavy atom. The molecule has 0 atom stereocenters. The number of aromatic nitrogens is 2. The molecule has 2 aromatic heterocycles. The van der Waals surface area contributed by atoms with E-state index >= 15 is 0 Å². The van der Waals surface area contributed by atoms with Crippen LogP contribution in [0.3, 0.4) is 0 Å². The van der Waals surface area contributed by atoms with Crippen LogP contribution < -0.4 is 27.1 Å². The van der Waals surface area contributed by atoms with Gasteiger partial charge in [-0.2, -0.15) is 0 Å². The average molecular weight is 422 g/mol. The topological polar surface area (TPSA) is 125 Å². The Labute approximate surface area is 180 Å². The average Bonchev–Trinajstić information content (AvgIpc) is 2.75. The fourth-order valence-corrected chi connectivity index (χ4v) is 3.12. The number of hydrogen-bond acceptors (Lipinski definition) is 6. The van der Waals surface area contributed by atoms with Crippen LogP contribution in [0.25, 0.3) is 22.2 Å². The molecular formula is C23H27N5O3. The zero-order chi connectivity index (χ0) is 22.5. The van der Waals surface area contributed by atoms with Crippen molar-refractivity contribution in [2.24, 2.45) is 18.5 Å². The van der Waals surface area contributed by atoms with E-state index in [4.69, 9.17) is 21.2 Å². The molecule has 31 heavy (non-hydrogen) atoms. The van der Waals surface area contributed by atoms with Gasteiger partial charge in [0, 0.05) is 66.3 Å². The largest absolute Gasteiger partial charge is 0.493 e. The first kappa shape index (κ1) is 21.9. The van der Waals surface area contributed by atoms with E-state index in [9.17, 15) is 9.59 Å². The lowest BCUT2D eigenvalue weighted by Crippen LogP contribution is -2.26. The third kappa shape index (κ3) is 5.03. The number of fused-ring (bicyclic) bond motifs is 1. The summed E-state index contributed by atoms with van der Waals surface area (Å²) >= 11 is 0. The first-order valence-corrected chi connectivity index (χ1v) is 10.0. The van der Waals surface area contributed by atoms with Crippen LogP contribution in [0.15, 0.2) is 58.8 Å². The summed E-state index contributed by atoms with van der Waals surface area (Å²) in [7, 11) is 1.69. The predicted molar refractivity (Wildman–Crippen MR) is 122 cm³/mol. The maximum Gasteiger partial charge on any atom is 0.251 e. The van der Waals surface area contributed by atoms with Crippen LogP contribution in [0.1, 0.15) is 30.6 Å². The lowest BCUT2D eigenvalue weighted by atomic mass is 10.1. The minimum Gasteiger partial charge on any atom is -0.493 e. The van der Waals surface area contributed by atoms with Crippen LogP contribution >= 0.6 is 0 Å². The number of nitrogens with zero attached hydrogens (tertiary/aromatic N) is 2. The SMILES string of the molecule is CCOc1cc(-c2ccc(=O)n(C)c2)nc2cc(C(=O)NCC/C(N)=C(\C)N)ccc12. The number of amides is 1. The summed E-state index contributed by atoms with van der Waals surface area (Å²) in [6.45, 7) is 4.50. The first-order valence-electron chi connectivity index (χ1n) is 10.0. The molecule has 8 heteroatoms. The summed E-state index contributed by atoms with van der Waals surface area (Å²) in [4.78, 5) is 29.0. The summed E-state index contributed by atoms with van der Waals surface area (Å²) < 4.78 is 7.30. The van der Waals surface area contributed by atoms with Crippen molar-refractivity contribution in [1.82, 2.24) is 14.9 Å². The van der Waals surface area contributed by atoms with Gasteiger partial charge in [-0.25, -0.2) is 4.98 Å². The number of rotatable bonds is 7. The summed E-state index contributed by atoms with van der Waals surface area (Å²) in [5, 5.41) is 3.65. The smallest absolute Gasteiger partial charge is 0.251 e. The highest BCUT2D eigenvalue weighted by molar-refractivity contribution is 5.99. The van der Waals surface area contributed by atoms with Crippen molar-refractivity contribution in [2.45, 2.75) is 20.3 Å². The van der Waals surface area contributed by atoms with Crippen LogP contribution in [0, 0.1) is 0 Å². The van der Waals surface area contributed by atoms with E-state index < -0.39 is 0 Å². The molecule has 2 heterocycles. The Kier molecular flexibility index (Phi) is 6.59. The molecule has 1 amide bonds. The monoisotopic (exact) mass is 421 g/mol. The number of aryl methyl sites for hydroxylation is 1. The summed E-state index contributed by atoms with van der Waals surface area (Å²) in [6.07, 6.45) is 2.20. The van der Waals surface area contributed by atoms with Gasteiger partial charge in [-0.05, 0) is 38.1 Å². The van der Waals surface area contributed by atoms with Gasteiger partial charge in [0.05, 0.1) is 17.8 Å². The van der Waals surface area contributed by atoms with E-state index in [1.807, 2.05) is 19.1 Å². The molecule has 8 nitrogen and oxygen atoms in total. The lowest BCUT2D eigenvalue weighted by molar-refractivity contribution is 0.0954. The molecule has 0 aliphatic rings. The number of allylic oxidation sites excluding steroid dienone is 1. The highest BCUT2D eigenvalue weighted by Crippen LogP contribution is 2.30. The number of benzene rings is 1. The van der Waals surface area contributed by atoms with Crippen molar-refractivity contribution in [2.75, 3.05) is 13.2 Å². The molecule has 3 aromatic rings. The molecule has 3 rings (SSSR count). The molecule has 0 spiro atoms. The van der Waals surface area contributed by atoms with Gasteiger partial charge < -0.3 is 26.1 Å². The van der Waals surface area contributed by atoms with Crippen molar-refractivity contribution in [3.8, 4) is 17.0 Å². The molecule has 0 bridgehead atoms. The van der Waals surface area contributed by atoms with Gasteiger partial charge in [0.15, 0.2) is 0 Å². The molecule has 1 aromatic carbocycles. The van der Waals surface area contributed by atoms with Gasteiger partial charge in [0.1, 0.15) is 5.75 Å². The van der Waals surface area contributed by atoms with Gasteiger partial charge >= 0.3 is 0 Å². The number of nitrogens with two attached hydrogens (primary N) is 2. The van der Waals surface area contributed by atoms with Crippen LogP contribution in [0.2, 0.25) is 0 Å².